The Kier molecular flexibility index (Phi) is 6.91. The van der Waals surface area contributed by atoms with Crippen LogP contribution in [0.5, 0.6) is 0 Å². The Labute approximate surface area is 196 Å². The zero-order valence-electron chi connectivity index (χ0n) is 18.7. The molecular formula is C25H26N4O5. The molecule has 0 fully saturated rings. The number of nitrogens with one attached hydrogen (secondary N) is 2. The molecule has 176 valence electrons. The highest BCUT2D eigenvalue weighted by atomic mass is 16.5. The van der Waals surface area contributed by atoms with E-state index in [-0.39, 0.29) is 31.5 Å². The van der Waals surface area contributed by atoms with Crippen LogP contribution in [-0.2, 0) is 20.9 Å². The minimum atomic E-state index is -0.898. The van der Waals surface area contributed by atoms with Gasteiger partial charge in [0.2, 0.25) is 5.91 Å². The molecule has 34 heavy (non-hydrogen) atoms. The Morgan fingerprint density at radius 1 is 1.09 bits per heavy atom. The molecule has 1 heterocycles. The monoisotopic (exact) mass is 462 g/mol. The number of hydrogen-bond donors (Lipinski definition) is 3. The van der Waals surface area contributed by atoms with Crippen molar-refractivity contribution in [3.8, 4) is 11.1 Å². The minimum Gasteiger partial charge on any atom is -0.481 e. The van der Waals surface area contributed by atoms with Crippen molar-refractivity contribution in [3.63, 3.8) is 0 Å². The maximum absolute atomic E-state index is 12.4. The molecule has 1 aliphatic rings. The maximum atomic E-state index is 12.4. The summed E-state index contributed by atoms with van der Waals surface area (Å²) in [4.78, 5) is 35.2. The molecular weight excluding hydrogens is 436 g/mol. The van der Waals surface area contributed by atoms with Crippen LogP contribution in [0, 0.1) is 5.92 Å². The molecule has 2 aromatic carbocycles. The molecule has 3 aromatic rings. The number of hydrogen-bond acceptors (Lipinski definition) is 5. The van der Waals surface area contributed by atoms with E-state index in [4.69, 9.17) is 9.84 Å². The SMILES string of the molecule is CC(CCNC(=O)Cn1cc(NC(=O)OCC2c3ccccc3-c3ccccc32)cn1)C(=O)O. The van der Waals surface area contributed by atoms with Crippen LogP contribution in [0.1, 0.15) is 30.4 Å². The van der Waals surface area contributed by atoms with E-state index in [2.05, 4.69) is 40.0 Å². The molecule has 3 N–H and O–H groups in total. The lowest BCUT2D eigenvalue weighted by molar-refractivity contribution is -0.141. The van der Waals surface area contributed by atoms with Crippen LogP contribution >= 0.6 is 0 Å². The molecule has 1 unspecified atom stereocenters. The number of ether oxygens (including phenoxy) is 1. The third-order valence-electron chi connectivity index (χ3n) is 5.85. The van der Waals surface area contributed by atoms with Crippen molar-refractivity contribution in [3.05, 3.63) is 72.1 Å². The fourth-order valence-corrected chi connectivity index (χ4v) is 4.02. The van der Waals surface area contributed by atoms with Gasteiger partial charge in [0, 0.05) is 18.7 Å². The van der Waals surface area contributed by atoms with E-state index in [1.807, 2.05) is 24.3 Å². The van der Waals surface area contributed by atoms with E-state index >= 15 is 0 Å². The van der Waals surface area contributed by atoms with Crippen LogP contribution in [0.3, 0.4) is 0 Å². The highest BCUT2D eigenvalue weighted by Crippen LogP contribution is 2.44. The second-order valence-electron chi connectivity index (χ2n) is 8.26. The number of aromatic nitrogens is 2. The lowest BCUT2D eigenvalue weighted by Gasteiger charge is -2.14. The minimum absolute atomic E-state index is 0.0339. The number of carboxylic acids is 1. The third kappa shape index (κ3) is 5.25. The van der Waals surface area contributed by atoms with Gasteiger partial charge < -0.3 is 15.2 Å². The first kappa shape index (κ1) is 23.0. The van der Waals surface area contributed by atoms with Crippen molar-refractivity contribution >= 4 is 23.7 Å². The molecule has 9 heteroatoms. The van der Waals surface area contributed by atoms with Gasteiger partial charge in [-0.1, -0.05) is 55.5 Å². The molecule has 0 aliphatic heterocycles. The summed E-state index contributed by atoms with van der Waals surface area (Å²) in [7, 11) is 0. The Balaban J connectivity index is 1.27. The Hall–Kier alpha value is -4.14. The number of nitrogens with zero attached hydrogens (tertiary/aromatic N) is 2. The lowest BCUT2D eigenvalue weighted by Crippen LogP contribution is -2.30. The third-order valence-corrected chi connectivity index (χ3v) is 5.85. The first-order valence-electron chi connectivity index (χ1n) is 11.1. The van der Waals surface area contributed by atoms with Gasteiger partial charge in [0.1, 0.15) is 13.2 Å². The fourth-order valence-electron chi connectivity index (χ4n) is 4.02. The van der Waals surface area contributed by atoms with Crippen molar-refractivity contribution in [1.82, 2.24) is 15.1 Å². The Bertz CT molecular complexity index is 1160. The summed E-state index contributed by atoms with van der Waals surface area (Å²) in [5.74, 6) is -1.76. The molecule has 9 nitrogen and oxygen atoms in total. The molecule has 0 radical (unpaired) electrons. The van der Waals surface area contributed by atoms with E-state index in [0.717, 1.165) is 22.3 Å². The predicted octanol–water partition coefficient (Wildman–Crippen LogP) is 3.47. The van der Waals surface area contributed by atoms with Crippen LogP contribution in [-0.4, -0.2) is 46.0 Å². The Morgan fingerprint density at radius 3 is 2.38 bits per heavy atom. The number of carboxylic acid groups (broad SMARTS) is 1. The largest absolute Gasteiger partial charge is 0.481 e. The topological polar surface area (TPSA) is 123 Å². The van der Waals surface area contributed by atoms with Gasteiger partial charge in [0.25, 0.3) is 0 Å². The summed E-state index contributed by atoms with van der Waals surface area (Å²) in [6.07, 6.45) is 2.70. The Morgan fingerprint density at radius 2 is 1.74 bits per heavy atom. The molecule has 1 aliphatic carbocycles. The standard InChI is InChI=1S/C25H26N4O5/c1-16(24(31)32)10-11-26-23(30)14-29-13-17(12-27-29)28-25(33)34-15-22-20-8-4-2-6-18(20)19-7-3-5-9-21(19)22/h2-9,12-13,16,22H,10-11,14-15H2,1H3,(H,26,30)(H,28,33)(H,31,32). The van der Waals surface area contributed by atoms with Crippen molar-refractivity contribution in [2.45, 2.75) is 25.8 Å². The van der Waals surface area contributed by atoms with E-state index in [1.54, 1.807) is 6.92 Å². The molecule has 0 spiro atoms. The van der Waals surface area contributed by atoms with E-state index in [0.29, 0.717) is 12.1 Å². The van der Waals surface area contributed by atoms with Crippen molar-refractivity contribution in [1.29, 1.82) is 0 Å². The van der Waals surface area contributed by atoms with Gasteiger partial charge in [0.05, 0.1) is 17.8 Å². The summed E-state index contributed by atoms with van der Waals surface area (Å²) in [6.45, 7) is 2.00. The van der Waals surface area contributed by atoms with Crippen LogP contribution in [0.2, 0.25) is 0 Å². The average Bonchev–Trinajstić information content (AvgIpc) is 3.39. The number of benzene rings is 2. The molecule has 1 atom stereocenters. The van der Waals surface area contributed by atoms with Crippen molar-refractivity contribution < 1.29 is 24.2 Å². The van der Waals surface area contributed by atoms with E-state index in [1.165, 1.54) is 17.1 Å². The quantitative estimate of drug-likeness (QED) is 0.448. The lowest BCUT2D eigenvalue weighted by atomic mass is 9.98. The van der Waals surface area contributed by atoms with Gasteiger partial charge in [-0.25, -0.2) is 4.79 Å². The number of carbonyl (C=O) groups is 3. The van der Waals surface area contributed by atoms with Crippen LogP contribution in [0.4, 0.5) is 10.5 Å². The van der Waals surface area contributed by atoms with Gasteiger partial charge >= 0.3 is 12.1 Å². The molecule has 0 bridgehead atoms. The second kappa shape index (κ2) is 10.2. The van der Waals surface area contributed by atoms with Gasteiger partial charge in [-0.3, -0.25) is 19.6 Å². The summed E-state index contributed by atoms with van der Waals surface area (Å²) >= 11 is 0. The number of carbonyl (C=O) groups excluding carboxylic acids is 2. The highest BCUT2D eigenvalue weighted by Gasteiger charge is 2.29. The summed E-state index contributed by atoms with van der Waals surface area (Å²) in [5.41, 5.74) is 4.99. The zero-order valence-corrected chi connectivity index (χ0v) is 18.7. The van der Waals surface area contributed by atoms with Crippen molar-refractivity contribution in [2.24, 2.45) is 5.92 Å². The number of anilines is 1. The second-order valence-corrected chi connectivity index (χ2v) is 8.26. The van der Waals surface area contributed by atoms with Crippen molar-refractivity contribution in [2.75, 3.05) is 18.5 Å². The molecule has 2 amide bonds. The van der Waals surface area contributed by atoms with E-state index in [9.17, 15) is 14.4 Å². The molecule has 1 aromatic heterocycles. The zero-order chi connectivity index (χ0) is 24.1. The summed E-state index contributed by atoms with van der Waals surface area (Å²) in [6, 6.07) is 16.2. The first-order chi connectivity index (χ1) is 16.4. The van der Waals surface area contributed by atoms with Crippen LogP contribution in [0.15, 0.2) is 60.9 Å². The number of rotatable bonds is 9. The average molecular weight is 463 g/mol. The highest BCUT2D eigenvalue weighted by molar-refractivity contribution is 5.85. The molecule has 0 saturated carbocycles. The number of amides is 2. The first-order valence-corrected chi connectivity index (χ1v) is 11.1. The summed E-state index contributed by atoms with van der Waals surface area (Å²) < 4.78 is 6.90. The smallest absolute Gasteiger partial charge is 0.411 e. The van der Waals surface area contributed by atoms with Gasteiger partial charge in [0.15, 0.2) is 0 Å². The van der Waals surface area contributed by atoms with Crippen LogP contribution < -0.4 is 10.6 Å². The number of fused-ring (bicyclic) bond motifs is 3. The van der Waals surface area contributed by atoms with Gasteiger partial charge in [-0.05, 0) is 28.7 Å². The fraction of sp³-hybridized carbons (Fsp3) is 0.280. The normalized spacial score (nSPS) is 13.0. The van der Waals surface area contributed by atoms with Gasteiger partial charge in [-0.2, -0.15) is 5.10 Å². The van der Waals surface area contributed by atoms with Crippen LogP contribution in [0.25, 0.3) is 11.1 Å². The van der Waals surface area contributed by atoms with Gasteiger partial charge in [-0.15, -0.1) is 0 Å². The molecule has 0 saturated heterocycles. The maximum Gasteiger partial charge on any atom is 0.411 e. The molecule has 4 rings (SSSR count). The summed E-state index contributed by atoms with van der Waals surface area (Å²) in [5, 5.41) is 18.2. The predicted molar refractivity (Wildman–Crippen MR) is 125 cm³/mol. The van der Waals surface area contributed by atoms with E-state index < -0.39 is 18.0 Å². The number of aliphatic carboxylic acids is 1.